The molecule has 2 rings (SSSR count). The summed E-state index contributed by atoms with van der Waals surface area (Å²) in [5.74, 6) is -1.16. The molecule has 1 saturated heterocycles. The number of amides is 2. The minimum atomic E-state index is -0.621. The topological polar surface area (TPSA) is 69.6 Å². The highest BCUT2D eigenvalue weighted by Crippen LogP contribution is 2.23. The maximum absolute atomic E-state index is 13.8. The summed E-state index contributed by atoms with van der Waals surface area (Å²) in [5, 5.41) is 12.0. The third-order valence-corrected chi connectivity index (χ3v) is 3.81. The summed E-state index contributed by atoms with van der Waals surface area (Å²) in [6, 6.07) is 4.12. The third-order valence-electron chi connectivity index (χ3n) is 3.81. The molecule has 1 heterocycles. The zero-order valence-electron chi connectivity index (χ0n) is 12.6. The Bertz CT molecular complexity index is 562. The van der Waals surface area contributed by atoms with Gasteiger partial charge in [0.1, 0.15) is 5.82 Å². The van der Waals surface area contributed by atoms with E-state index in [2.05, 4.69) is 5.32 Å². The fourth-order valence-corrected chi connectivity index (χ4v) is 2.43. The van der Waals surface area contributed by atoms with Gasteiger partial charge in [0.2, 0.25) is 5.91 Å². The van der Waals surface area contributed by atoms with Gasteiger partial charge in [-0.25, -0.2) is 4.39 Å². The molecule has 0 bridgehead atoms. The molecule has 0 spiro atoms. The van der Waals surface area contributed by atoms with E-state index in [9.17, 15) is 19.1 Å². The van der Waals surface area contributed by atoms with Crippen LogP contribution in [0, 0.1) is 5.82 Å². The molecule has 2 amide bonds. The number of nitrogens with one attached hydrogen (secondary N) is 1. The van der Waals surface area contributed by atoms with Gasteiger partial charge in [0.05, 0.1) is 11.7 Å². The van der Waals surface area contributed by atoms with E-state index < -0.39 is 17.8 Å². The fraction of sp³-hybridized carbons (Fsp3) is 0.500. The molecule has 1 fully saturated rings. The van der Waals surface area contributed by atoms with Crippen LogP contribution in [0.3, 0.4) is 0 Å². The van der Waals surface area contributed by atoms with Crippen molar-refractivity contribution in [1.82, 2.24) is 5.32 Å². The lowest BCUT2D eigenvalue weighted by Crippen LogP contribution is -2.29. The molecule has 1 aromatic rings. The zero-order chi connectivity index (χ0) is 16.1. The van der Waals surface area contributed by atoms with Crippen molar-refractivity contribution in [3.05, 3.63) is 29.6 Å². The molecule has 1 unspecified atom stereocenters. The van der Waals surface area contributed by atoms with Gasteiger partial charge in [-0.15, -0.1) is 0 Å². The molecule has 5 nitrogen and oxygen atoms in total. The number of benzene rings is 1. The first kappa shape index (κ1) is 16.4. The molecule has 6 heteroatoms. The van der Waals surface area contributed by atoms with Gasteiger partial charge >= 0.3 is 0 Å². The van der Waals surface area contributed by atoms with Crippen LogP contribution in [0.25, 0.3) is 0 Å². The Hall–Kier alpha value is -1.95. The van der Waals surface area contributed by atoms with Crippen LogP contribution in [0.5, 0.6) is 0 Å². The van der Waals surface area contributed by atoms with Crippen LogP contribution >= 0.6 is 0 Å². The van der Waals surface area contributed by atoms with E-state index in [4.69, 9.17) is 0 Å². The van der Waals surface area contributed by atoms with Crippen molar-refractivity contribution < 1.29 is 19.1 Å². The molecule has 0 aliphatic carbocycles. The van der Waals surface area contributed by atoms with Crippen LogP contribution in [-0.2, 0) is 4.79 Å². The van der Waals surface area contributed by atoms with Crippen LogP contribution < -0.4 is 10.2 Å². The van der Waals surface area contributed by atoms with Crippen molar-refractivity contribution in [3.8, 4) is 0 Å². The number of aliphatic hydroxyl groups excluding tert-OH is 1. The first-order chi connectivity index (χ1) is 10.5. The molecule has 22 heavy (non-hydrogen) atoms. The van der Waals surface area contributed by atoms with Crippen molar-refractivity contribution in [2.45, 2.75) is 38.7 Å². The summed E-state index contributed by atoms with van der Waals surface area (Å²) in [4.78, 5) is 25.3. The van der Waals surface area contributed by atoms with Crippen LogP contribution in [-0.4, -0.2) is 36.1 Å². The van der Waals surface area contributed by atoms with Crippen LogP contribution in [0.2, 0.25) is 0 Å². The van der Waals surface area contributed by atoms with Crippen molar-refractivity contribution >= 4 is 17.5 Å². The molecule has 1 aliphatic rings. The number of nitrogens with zero attached hydrogens (tertiary/aromatic N) is 1. The lowest BCUT2D eigenvalue weighted by atomic mass is 10.1. The second-order valence-electron chi connectivity index (χ2n) is 5.42. The molecule has 120 valence electrons. The van der Waals surface area contributed by atoms with Crippen LogP contribution in [0.1, 0.15) is 43.0 Å². The molecular formula is C16H21FN2O3. The Morgan fingerprint density at radius 1 is 1.50 bits per heavy atom. The second kappa shape index (κ2) is 7.35. The van der Waals surface area contributed by atoms with Gasteiger partial charge in [0, 0.05) is 25.2 Å². The maximum Gasteiger partial charge on any atom is 0.254 e. The van der Waals surface area contributed by atoms with E-state index in [1.165, 1.54) is 18.2 Å². The minimum absolute atomic E-state index is 0.0102. The van der Waals surface area contributed by atoms with Gasteiger partial charge in [-0.2, -0.15) is 0 Å². The highest BCUT2D eigenvalue weighted by Gasteiger charge is 2.23. The highest BCUT2D eigenvalue weighted by molar-refractivity contribution is 5.99. The normalized spacial score (nSPS) is 16.0. The summed E-state index contributed by atoms with van der Waals surface area (Å²) < 4.78 is 13.8. The van der Waals surface area contributed by atoms with Gasteiger partial charge in [-0.1, -0.05) is 6.92 Å². The molecule has 1 atom stereocenters. The standard InChI is InChI=1S/C16H21FN2O3/c1-2-12(20)7-8-18-16(22)13-10-11(5-6-14(13)17)19-9-3-4-15(19)21/h5-6,10,12,20H,2-4,7-9H2,1H3,(H,18,22). The lowest BCUT2D eigenvalue weighted by molar-refractivity contribution is -0.117. The van der Waals surface area contributed by atoms with E-state index in [0.29, 0.717) is 31.5 Å². The molecule has 0 radical (unpaired) electrons. The van der Waals surface area contributed by atoms with Crippen LogP contribution in [0.15, 0.2) is 18.2 Å². The Labute approximate surface area is 129 Å². The predicted molar refractivity (Wildman–Crippen MR) is 81.2 cm³/mol. The summed E-state index contributed by atoms with van der Waals surface area (Å²) in [6.45, 7) is 2.72. The summed E-state index contributed by atoms with van der Waals surface area (Å²) >= 11 is 0. The van der Waals surface area contributed by atoms with Gasteiger partial charge in [-0.05, 0) is 37.5 Å². The van der Waals surface area contributed by atoms with Crippen molar-refractivity contribution in [3.63, 3.8) is 0 Å². The van der Waals surface area contributed by atoms with Crippen molar-refractivity contribution in [2.75, 3.05) is 18.0 Å². The Morgan fingerprint density at radius 2 is 2.27 bits per heavy atom. The summed E-state index contributed by atoms with van der Waals surface area (Å²) in [5.41, 5.74) is 0.464. The molecule has 0 aromatic heterocycles. The van der Waals surface area contributed by atoms with E-state index in [1.54, 1.807) is 4.90 Å². The largest absolute Gasteiger partial charge is 0.393 e. The molecule has 2 N–H and O–H groups in total. The second-order valence-corrected chi connectivity index (χ2v) is 5.42. The SMILES string of the molecule is CCC(O)CCNC(=O)c1cc(N2CCCC2=O)ccc1F. The number of hydrogen-bond donors (Lipinski definition) is 2. The Balaban J connectivity index is 2.06. The predicted octanol–water partition coefficient (Wildman–Crippen LogP) is 1.84. The number of halogens is 1. The summed E-state index contributed by atoms with van der Waals surface area (Å²) in [7, 11) is 0. The maximum atomic E-state index is 13.8. The molecule has 0 saturated carbocycles. The molecular weight excluding hydrogens is 287 g/mol. The molecule has 1 aromatic carbocycles. The van der Waals surface area contributed by atoms with Gasteiger partial charge < -0.3 is 15.3 Å². The first-order valence-electron chi connectivity index (χ1n) is 7.59. The average molecular weight is 308 g/mol. The minimum Gasteiger partial charge on any atom is -0.393 e. The lowest BCUT2D eigenvalue weighted by Gasteiger charge is -2.17. The fourth-order valence-electron chi connectivity index (χ4n) is 2.43. The Morgan fingerprint density at radius 3 is 2.91 bits per heavy atom. The number of rotatable bonds is 6. The van der Waals surface area contributed by atoms with Crippen molar-refractivity contribution in [1.29, 1.82) is 0 Å². The third kappa shape index (κ3) is 3.82. The first-order valence-corrected chi connectivity index (χ1v) is 7.59. The van der Waals surface area contributed by atoms with E-state index in [1.807, 2.05) is 6.92 Å². The number of carbonyl (C=O) groups excluding carboxylic acids is 2. The Kier molecular flexibility index (Phi) is 5.49. The van der Waals surface area contributed by atoms with Gasteiger partial charge in [-0.3, -0.25) is 9.59 Å². The number of hydrogen-bond acceptors (Lipinski definition) is 3. The van der Waals surface area contributed by atoms with Gasteiger partial charge in [0.25, 0.3) is 5.91 Å². The summed E-state index contributed by atoms with van der Waals surface area (Å²) in [6.07, 6.45) is 1.81. The quantitative estimate of drug-likeness (QED) is 0.842. The van der Waals surface area contributed by atoms with Crippen molar-refractivity contribution in [2.24, 2.45) is 0 Å². The zero-order valence-corrected chi connectivity index (χ0v) is 12.6. The highest BCUT2D eigenvalue weighted by atomic mass is 19.1. The number of carbonyl (C=O) groups is 2. The van der Waals surface area contributed by atoms with E-state index in [-0.39, 0.29) is 18.0 Å². The van der Waals surface area contributed by atoms with E-state index >= 15 is 0 Å². The monoisotopic (exact) mass is 308 g/mol. The van der Waals surface area contributed by atoms with Gasteiger partial charge in [0.15, 0.2) is 0 Å². The smallest absolute Gasteiger partial charge is 0.254 e. The average Bonchev–Trinajstić information content (AvgIpc) is 2.93. The number of anilines is 1. The van der Waals surface area contributed by atoms with Crippen LogP contribution in [0.4, 0.5) is 10.1 Å². The molecule has 1 aliphatic heterocycles. The van der Waals surface area contributed by atoms with E-state index in [0.717, 1.165) is 6.42 Å². The number of aliphatic hydroxyl groups is 1.